The van der Waals surface area contributed by atoms with Crippen LogP contribution < -0.4 is 10.0 Å². The van der Waals surface area contributed by atoms with E-state index in [2.05, 4.69) is 15.0 Å². The van der Waals surface area contributed by atoms with Crippen LogP contribution in [0.25, 0.3) is 0 Å². The first-order valence-electron chi connectivity index (χ1n) is 6.97. The van der Waals surface area contributed by atoms with Crippen molar-refractivity contribution in [2.45, 2.75) is 42.8 Å². The van der Waals surface area contributed by atoms with Gasteiger partial charge < -0.3 is 10.3 Å². The molecule has 1 saturated heterocycles. The second kappa shape index (κ2) is 5.38. The van der Waals surface area contributed by atoms with Gasteiger partial charge in [0.05, 0.1) is 16.4 Å². The molecule has 0 aromatic carbocycles. The van der Waals surface area contributed by atoms with Crippen LogP contribution in [-0.4, -0.2) is 45.4 Å². The van der Waals surface area contributed by atoms with Gasteiger partial charge in [-0.1, -0.05) is 0 Å². The normalized spacial score (nSPS) is 25.2. The molecule has 1 aliphatic heterocycles. The average Bonchev–Trinajstić information content (AvgIpc) is 2.97. The van der Waals surface area contributed by atoms with Crippen molar-refractivity contribution in [1.29, 1.82) is 0 Å². The van der Waals surface area contributed by atoms with Crippen LogP contribution in [0.4, 0.5) is 0 Å². The van der Waals surface area contributed by atoms with E-state index in [1.54, 1.807) is 6.07 Å². The summed E-state index contributed by atoms with van der Waals surface area (Å²) in [6.07, 6.45) is 4.12. The number of rotatable bonds is 6. The molecular weight excluding hydrogens is 314 g/mol. The Labute approximate surface area is 124 Å². The molecule has 21 heavy (non-hydrogen) atoms. The zero-order valence-electron chi connectivity index (χ0n) is 11.5. The van der Waals surface area contributed by atoms with E-state index in [1.807, 2.05) is 0 Å². The molecule has 0 amide bonds. The van der Waals surface area contributed by atoms with Gasteiger partial charge in [-0.15, -0.1) is 0 Å². The highest BCUT2D eigenvalue weighted by Gasteiger charge is 2.31. The van der Waals surface area contributed by atoms with Crippen molar-refractivity contribution in [3.05, 3.63) is 18.0 Å². The number of H-pyrrole nitrogens is 1. The number of aromatic nitrogens is 1. The summed E-state index contributed by atoms with van der Waals surface area (Å²) in [5.41, 5.74) is 0.807. The number of aromatic amines is 1. The summed E-state index contributed by atoms with van der Waals surface area (Å²) in [7, 11) is -6.77. The summed E-state index contributed by atoms with van der Waals surface area (Å²) < 4.78 is 49.6. The van der Waals surface area contributed by atoms with Gasteiger partial charge in [-0.2, -0.15) is 0 Å². The largest absolute Gasteiger partial charge is 0.363 e. The van der Waals surface area contributed by atoms with Crippen LogP contribution in [-0.2, 0) is 26.4 Å². The number of sulfone groups is 1. The molecule has 3 N–H and O–H groups in total. The quantitative estimate of drug-likeness (QED) is 0.664. The highest BCUT2D eigenvalue weighted by atomic mass is 32.2. The highest BCUT2D eigenvalue weighted by Crippen LogP contribution is 2.20. The van der Waals surface area contributed by atoms with E-state index in [-0.39, 0.29) is 16.4 Å². The molecule has 3 rings (SSSR count). The van der Waals surface area contributed by atoms with Crippen LogP contribution in [0.2, 0.25) is 0 Å². The standard InChI is InChI=1S/C12H19N3O4S2/c16-20(17)4-3-10(8-20)15-21(18,19)12-5-11(14-7-12)6-13-9-1-2-9/h5,7,9-10,13-15H,1-4,6,8H2. The molecule has 2 heterocycles. The summed E-state index contributed by atoms with van der Waals surface area (Å²) >= 11 is 0. The number of hydrogen-bond acceptors (Lipinski definition) is 5. The van der Waals surface area contributed by atoms with Crippen molar-refractivity contribution in [2.24, 2.45) is 0 Å². The molecule has 118 valence electrons. The SMILES string of the molecule is O=S1(=O)CCC(NS(=O)(=O)c2c[nH]c(CNC3CC3)c2)C1. The van der Waals surface area contributed by atoms with Crippen LogP contribution in [0.5, 0.6) is 0 Å². The van der Waals surface area contributed by atoms with Crippen molar-refractivity contribution in [3.8, 4) is 0 Å². The van der Waals surface area contributed by atoms with E-state index in [0.717, 1.165) is 5.69 Å². The molecule has 0 spiro atoms. The lowest BCUT2D eigenvalue weighted by Crippen LogP contribution is -2.35. The molecular formula is C12H19N3O4S2. The maximum Gasteiger partial charge on any atom is 0.242 e. The number of hydrogen-bond donors (Lipinski definition) is 3. The van der Waals surface area contributed by atoms with E-state index in [0.29, 0.717) is 19.0 Å². The summed E-state index contributed by atoms with van der Waals surface area (Å²) in [6, 6.07) is 1.61. The second-order valence-corrected chi connectivity index (χ2v) is 9.68. The molecule has 0 bridgehead atoms. The first-order chi connectivity index (χ1) is 9.84. The fourth-order valence-corrected chi connectivity index (χ4v) is 5.46. The molecule has 2 aliphatic rings. The predicted molar refractivity (Wildman–Crippen MR) is 78.0 cm³/mol. The van der Waals surface area contributed by atoms with Gasteiger partial charge in [-0.3, -0.25) is 0 Å². The Morgan fingerprint density at radius 1 is 1.24 bits per heavy atom. The van der Waals surface area contributed by atoms with Crippen LogP contribution in [0.1, 0.15) is 25.0 Å². The van der Waals surface area contributed by atoms with E-state index in [9.17, 15) is 16.8 Å². The van der Waals surface area contributed by atoms with Crippen molar-refractivity contribution in [2.75, 3.05) is 11.5 Å². The second-order valence-electron chi connectivity index (χ2n) is 5.74. The van der Waals surface area contributed by atoms with Gasteiger partial charge in [0.1, 0.15) is 0 Å². The van der Waals surface area contributed by atoms with Crippen molar-refractivity contribution < 1.29 is 16.8 Å². The van der Waals surface area contributed by atoms with Crippen LogP contribution in [0.3, 0.4) is 0 Å². The van der Waals surface area contributed by atoms with Gasteiger partial charge in [0.15, 0.2) is 9.84 Å². The van der Waals surface area contributed by atoms with E-state index in [1.165, 1.54) is 19.0 Å². The maximum absolute atomic E-state index is 12.2. The molecule has 2 fully saturated rings. The molecule has 1 aromatic rings. The molecule has 1 unspecified atom stereocenters. The Hall–Kier alpha value is -0.900. The average molecular weight is 333 g/mol. The fourth-order valence-electron chi connectivity index (χ4n) is 2.39. The molecule has 1 atom stereocenters. The van der Waals surface area contributed by atoms with E-state index < -0.39 is 25.9 Å². The summed E-state index contributed by atoms with van der Waals surface area (Å²) in [5, 5.41) is 3.30. The third-order valence-corrected chi connectivity index (χ3v) is 7.01. The summed E-state index contributed by atoms with van der Waals surface area (Å²) in [5.74, 6) is -0.0728. The molecule has 1 aromatic heterocycles. The fraction of sp³-hybridized carbons (Fsp3) is 0.667. The van der Waals surface area contributed by atoms with Gasteiger partial charge in [0, 0.05) is 30.5 Å². The van der Waals surface area contributed by atoms with E-state index >= 15 is 0 Å². The summed E-state index contributed by atoms with van der Waals surface area (Å²) in [4.78, 5) is 3.09. The van der Waals surface area contributed by atoms with Crippen LogP contribution in [0.15, 0.2) is 17.2 Å². The Bertz CT molecular complexity index is 719. The van der Waals surface area contributed by atoms with Crippen LogP contribution >= 0.6 is 0 Å². The maximum atomic E-state index is 12.2. The molecule has 1 saturated carbocycles. The third-order valence-electron chi connectivity index (χ3n) is 3.74. The molecule has 0 radical (unpaired) electrons. The van der Waals surface area contributed by atoms with Gasteiger partial charge in [0.2, 0.25) is 10.0 Å². The predicted octanol–water partition coefficient (Wildman–Crippen LogP) is -0.268. The monoisotopic (exact) mass is 333 g/mol. The Kier molecular flexibility index (Phi) is 3.85. The Morgan fingerprint density at radius 2 is 2.00 bits per heavy atom. The molecule has 1 aliphatic carbocycles. The van der Waals surface area contributed by atoms with Gasteiger partial charge in [-0.05, 0) is 25.3 Å². The smallest absolute Gasteiger partial charge is 0.242 e. The zero-order chi connectivity index (χ0) is 15.1. The van der Waals surface area contributed by atoms with Crippen molar-refractivity contribution in [1.82, 2.24) is 15.0 Å². The van der Waals surface area contributed by atoms with Gasteiger partial charge in [-0.25, -0.2) is 21.6 Å². The topological polar surface area (TPSA) is 108 Å². The third kappa shape index (κ3) is 3.85. The first-order valence-corrected chi connectivity index (χ1v) is 10.3. The first kappa shape index (κ1) is 15.0. The Morgan fingerprint density at radius 3 is 2.62 bits per heavy atom. The van der Waals surface area contributed by atoms with Gasteiger partial charge in [0.25, 0.3) is 0 Å². The van der Waals surface area contributed by atoms with Crippen molar-refractivity contribution in [3.63, 3.8) is 0 Å². The highest BCUT2D eigenvalue weighted by molar-refractivity contribution is 7.92. The van der Waals surface area contributed by atoms with Crippen molar-refractivity contribution >= 4 is 19.9 Å². The molecule has 7 nitrogen and oxygen atoms in total. The minimum Gasteiger partial charge on any atom is -0.363 e. The Balaban J connectivity index is 1.64. The van der Waals surface area contributed by atoms with Crippen LogP contribution in [0, 0.1) is 0 Å². The number of nitrogens with one attached hydrogen (secondary N) is 3. The van der Waals surface area contributed by atoms with E-state index in [4.69, 9.17) is 0 Å². The minimum atomic E-state index is -3.67. The lowest BCUT2D eigenvalue weighted by molar-refractivity contribution is 0.562. The lowest BCUT2D eigenvalue weighted by Gasteiger charge is -2.09. The lowest BCUT2D eigenvalue weighted by atomic mass is 10.3. The van der Waals surface area contributed by atoms with Gasteiger partial charge >= 0.3 is 0 Å². The number of sulfonamides is 1. The molecule has 9 heteroatoms. The minimum absolute atomic E-state index is 0.0455. The summed E-state index contributed by atoms with van der Waals surface area (Å²) in [6.45, 7) is 0.609. The zero-order valence-corrected chi connectivity index (χ0v) is 13.1.